The highest BCUT2D eigenvalue weighted by atomic mass is 16.4. The van der Waals surface area contributed by atoms with Crippen LogP contribution in [0.15, 0.2) is 12.2 Å². The lowest BCUT2D eigenvalue weighted by atomic mass is 9.93. The number of hydrogen-bond acceptors (Lipinski definition) is 2. The Balaban J connectivity index is 2.43. The molecule has 1 aliphatic rings. The zero-order valence-electron chi connectivity index (χ0n) is 6.23. The molecule has 0 radical (unpaired) electrons. The van der Waals surface area contributed by atoms with Crippen LogP contribution in [0.25, 0.3) is 0 Å². The Hall–Kier alpha value is -0.830. The summed E-state index contributed by atoms with van der Waals surface area (Å²) in [4.78, 5) is 10.3. The SMILES string of the molecule is O=C(O)C[C@H]1C=CC[C@H]1CO. The van der Waals surface area contributed by atoms with Crippen molar-refractivity contribution in [3.8, 4) is 0 Å². The van der Waals surface area contributed by atoms with Crippen LogP contribution in [0.1, 0.15) is 12.8 Å². The largest absolute Gasteiger partial charge is 0.481 e. The maximum absolute atomic E-state index is 10.3. The fourth-order valence-electron chi connectivity index (χ4n) is 1.41. The van der Waals surface area contributed by atoms with Crippen molar-refractivity contribution in [1.29, 1.82) is 0 Å². The lowest BCUT2D eigenvalue weighted by molar-refractivity contribution is -0.138. The van der Waals surface area contributed by atoms with E-state index in [0.29, 0.717) is 0 Å². The molecule has 3 heteroatoms. The molecule has 62 valence electrons. The first-order valence-electron chi connectivity index (χ1n) is 3.73. The van der Waals surface area contributed by atoms with Crippen molar-refractivity contribution in [3.05, 3.63) is 12.2 Å². The van der Waals surface area contributed by atoms with Gasteiger partial charge in [-0.1, -0.05) is 12.2 Å². The second-order valence-electron chi connectivity index (χ2n) is 2.87. The highest BCUT2D eigenvalue weighted by Gasteiger charge is 2.23. The minimum Gasteiger partial charge on any atom is -0.481 e. The molecule has 0 spiro atoms. The van der Waals surface area contributed by atoms with E-state index < -0.39 is 5.97 Å². The molecule has 0 bridgehead atoms. The van der Waals surface area contributed by atoms with Gasteiger partial charge in [0.25, 0.3) is 0 Å². The van der Waals surface area contributed by atoms with Crippen molar-refractivity contribution in [2.24, 2.45) is 11.8 Å². The van der Waals surface area contributed by atoms with Gasteiger partial charge in [-0.3, -0.25) is 4.79 Å². The van der Waals surface area contributed by atoms with Crippen molar-refractivity contribution in [2.45, 2.75) is 12.8 Å². The molecule has 0 saturated carbocycles. The van der Waals surface area contributed by atoms with E-state index in [2.05, 4.69) is 0 Å². The smallest absolute Gasteiger partial charge is 0.303 e. The van der Waals surface area contributed by atoms with Gasteiger partial charge in [0, 0.05) is 6.61 Å². The van der Waals surface area contributed by atoms with Gasteiger partial charge in [-0.2, -0.15) is 0 Å². The van der Waals surface area contributed by atoms with Crippen molar-refractivity contribution < 1.29 is 15.0 Å². The van der Waals surface area contributed by atoms with E-state index in [4.69, 9.17) is 10.2 Å². The van der Waals surface area contributed by atoms with Crippen LogP contribution >= 0.6 is 0 Å². The third kappa shape index (κ3) is 2.05. The van der Waals surface area contributed by atoms with Crippen LogP contribution in [0.4, 0.5) is 0 Å². The Bertz CT molecular complexity index is 174. The van der Waals surface area contributed by atoms with E-state index in [9.17, 15) is 4.79 Å². The third-order valence-electron chi connectivity index (χ3n) is 2.07. The molecular weight excluding hydrogens is 144 g/mol. The van der Waals surface area contributed by atoms with Gasteiger partial charge in [-0.15, -0.1) is 0 Å². The number of rotatable bonds is 3. The second kappa shape index (κ2) is 3.53. The molecule has 0 unspecified atom stereocenters. The zero-order chi connectivity index (χ0) is 8.27. The summed E-state index contributed by atoms with van der Waals surface area (Å²) in [5, 5.41) is 17.3. The first-order valence-corrected chi connectivity index (χ1v) is 3.73. The first-order chi connectivity index (χ1) is 5.24. The van der Waals surface area contributed by atoms with E-state index in [1.807, 2.05) is 12.2 Å². The van der Waals surface area contributed by atoms with E-state index in [-0.39, 0.29) is 24.9 Å². The minimum atomic E-state index is -0.792. The van der Waals surface area contributed by atoms with Gasteiger partial charge in [0.2, 0.25) is 0 Å². The molecule has 1 rings (SSSR count). The first kappa shape index (κ1) is 8.27. The summed E-state index contributed by atoms with van der Waals surface area (Å²) in [6.45, 7) is 0.0882. The number of carboxylic acids is 1. The molecule has 0 heterocycles. The van der Waals surface area contributed by atoms with Gasteiger partial charge in [0.05, 0.1) is 6.42 Å². The number of hydrogen-bond donors (Lipinski definition) is 2. The molecule has 0 aromatic rings. The Morgan fingerprint density at radius 3 is 2.91 bits per heavy atom. The number of allylic oxidation sites excluding steroid dienone is 2. The van der Waals surface area contributed by atoms with Crippen molar-refractivity contribution in [1.82, 2.24) is 0 Å². The molecule has 1 aliphatic carbocycles. The average Bonchev–Trinajstić information content (AvgIpc) is 2.34. The molecule has 0 aromatic carbocycles. The highest BCUT2D eigenvalue weighted by molar-refractivity contribution is 5.67. The van der Waals surface area contributed by atoms with Gasteiger partial charge in [-0.05, 0) is 18.3 Å². The van der Waals surface area contributed by atoms with Crippen molar-refractivity contribution >= 4 is 5.97 Å². The van der Waals surface area contributed by atoms with Crippen LogP contribution in [0, 0.1) is 11.8 Å². The summed E-state index contributed by atoms with van der Waals surface area (Å²) in [5.74, 6) is -0.622. The van der Waals surface area contributed by atoms with Gasteiger partial charge in [0.1, 0.15) is 0 Å². The van der Waals surface area contributed by atoms with Crippen molar-refractivity contribution in [2.75, 3.05) is 6.61 Å². The maximum atomic E-state index is 10.3. The summed E-state index contributed by atoms with van der Waals surface area (Å²) < 4.78 is 0. The third-order valence-corrected chi connectivity index (χ3v) is 2.07. The van der Waals surface area contributed by atoms with Crippen LogP contribution in [-0.4, -0.2) is 22.8 Å². The predicted octanol–water partition coefficient (Wildman–Crippen LogP) is 0.646. The molecular formula is C8H12O3. The van der Waals surface area contributed by atoms with E-state index in [1.54, 1.807) is 0 Å². The quantitative estimate of drug-likeness (QED) is 0.590. The summed E-state index contributed by atoms with van der Waals surface area (Å²) in [6, 6.07) is 0. The second-order valence-corrected chi connectivity index (χ2v) is 2.87. The lowest BCUT2D eigenvalue weighted by Gasteiger charge is -2.13. The van der Waals surface area contributed by atoms with E-state index >= 15 is 0 Å². The fourth-order valence-corrected chi connectivity index (χ4v) is 1.41. The van der Waals surface area contributed by atoms with Gasteiger partial charge in [0.15, 0.2) is 0 Å². The zero-order valence-corrected chi connectivity index (χ0v) is 6.23. The summed E-state index contributed by atoms with van der Waals surface area (Å²) in [6.07, 6.45) is 4.78. The molecule has 0 aromatic heterocycles. The number of carbonyl (C=O) groups is 1. The van der Waals surface area contributed by atoms with E-state index in [1.165, 1.54) is 0 Å². The highest BCUT2D eigenvalue weighted by Crippen LogP contribution is 2.27. The topological polar surface area (TPSA) is 57.5 Å². The molecule has 11 heavy (non-hydrogen) atoms. The standard InChI is InChI=1S/C8H12O3/c9-5-7-3-1-2-6(7)4-8(10)11/h1-2,6-7,9H,3-5H2,(H,10,11)/t6-,7+/m1/s1. The van der Waals surface area contributed by atoms with Crippen LogP contribution in [0.3, 0.4) is 0 Å². The van der Waals surface area contributed by atoms with Gasteiger partial charge >= 0.3 is 5.97 Å². The summed E-state index contributed by atoms with van der Waals surface area (Å²) in [7, 11) is 0. The predicted molar refractivity (Wildman–Crippen MR) is 40.1 cm³/mol. The van der Waals surface area contributed by atoms with E-state index in [0.717, 1.165) is 6.42 Å². The number of aliphatic carboxylic acids is 1. The summed E-state index contributed by atoms with van der Waals surface area (Å²) >= 11 is 0. The normalized spacial score (nSPS) is 29.2. The minimum absolute atomic E-state index is 0.0394. The fraction of sp³-hybridized carbons (Fsp3) is 0.625. The average molecular weight is 156 g/mol. The number of aliphatic hydroxyl groups excluding tert-OH is 1. The maximum Gasteiger partial charge on any atom is 0.303 e. The van der Waals surface area contributed by atoms with Gasteiger partial charge < -0.3 is 10.2 Å². The molecule has 0 fully saturated rings. The Labute approximate surface area is 65.3 Å². The Kier molecular flexibility index (Phi) is 2.65. The molecule has 2 atom stereocenters. The van der Waals surface area contributed by atoms with Crippen LogP contribution in [-0.2, 0) is 4.79 Å². The van der Waals surface area contributed by atoms with Gasteiger partial charge in [-0.25, -0.2) is 0 Å². The lowest BCUT2D eigenvalue weighted by Crippen LogP contribution is -2.15. The number of carboxylic acid groups (broad SMARTS) is 1. The summed E-state index contributed by atoms with van der Waals surface area (Å²) in [5.41, 5.74) is 0. The molecule has 0 amide bonds. The van der Waals surface area contributed by atoms with Crippen LogP contribution < -0.4 is 0 Å². The molecule has 3 nitrogen and oxygen atoms in total. The van der Waals surface area contributed by atoms with Crippen LogP contribution in [0.2, 0.25) is 0 Å². The molecule has 0 saturated heterocycles. The molecule has 2 N–H and O–H groups in total. The number of aliphatic hydroxyl groups is 1. The van der Waals surface area contributed by atoms with Crippen LogP contribution in [0.5, 0.6) is 0 Å². The monoisotopic (exact) mass is 156 g/mol. The Morgan fingerprint density at radius 1 is 1.64 bits per heavy atom. The molecule has 0 aliphatic heterocycles. The van der Waals surface area contributed by atoms with Crippen molar-refractivity contribution in [3.63, 3.8) is 0 Å². The Morgan fingerprint density at radius 2 is 2.36 bits per heavy atom.